The van der Waals surface area contributed by atoms with Crippen molar-refractivity contribution in [1.82, 2.24) is 25.0 Å². The number of amides is 1. The average Bonchev–Trinajstić information content (AvgIpc) is 3.17. The topological polar surface area (TPSA) is 85.6 Å². The fourth-order valence-electron chi connectivity index (χ4n) is 2.65. The molecule has 0 fully saturated rings. The summed E-state index contributed by atoms with van der Waals surface area (Å²) in [4.78, 5) is 21.4. The van der Waals surface area contributed by atoms with Gasteiger partial charge in [-0.05, 0) is 48.5 Å². The van der Waals surface area contributed by atoms with Crippen molar-refractivity contribution in [3.05, 3.63) is 87.9 Å². The van der Waals surface area contributed by atoms with E-state index in [1.54, 1.807) is 47.4 Å². The highest BCUT2D eigenvalue weighted by atomic mass is 79.9. The van der Waals surface area contributed by atoms with Gasteiger partial charge in [-0.1, -0.05) is 50.6 Å². The Morgan fingerprint density at radius 3 is 2.60 bits per heavy atom. The molecule has 150 valence electrons. The number of hydrogen-bond acceptors (Lipinski definition) is 6. The molecule has 2 aromatic carbocycles. The van der Waals surface area contributed by atoms with E-state index in [2.05, 4.69) is 41.5 Å². The molecule has 0 aliphatic carbocycles. The first-order valence-electron chi connectivity index (χ1n) is 8.77. The number of hydrogen-bond donors (Lipinski definition) is 1. The standard InChI is InChI=1S/C20H14BrClN6OS/c21-13-5-7-16(8-6-13)28-17(12-30-20-23-9-2-10-24-20)18(26-27-28)19(29)25-15-4-1-3-14(22)11-15/h1-11H,12H2,(H,25,29). The number of carbonyl (C=O) groups excluding carboxylic acids is 1. The first kappa shape index (κ1) is 20.5. The van der Waals surface area contributed by atoms with Crippen LogP contribution in [0, 0.1) is 0 Å². The maximum absolute atomic E-state index is 12.9. The van der Waals surface area contributed by atoms with Crippen LogP contribution in [0.5, 0.6) is 0 Å². The number of carbonyl (C=O) groups is 1. The van der Waals surface area contributed by atoms with Gasteiger partial charge in [0.05, 0.1) is 11.4 Å². The summed E-state index contributed by atoms with van der Waals surface area (Å²) in [6.45, 7) is 0. The van der Waals surface area contributed by atoms with E-state index in [9.17, 15) is 4.79 Å². The average molecular weight is 502 g/mol. The van der Waals surface area contributed by atoms with Crippen molar-refractivity contribution in [2.24, 2.45) is 0 Å². The Bertz CT molecular complexity index is 1170. The monoisotopic (exact) mass is 500 g/mol. The SMILES string of the molecule is O=C(Nc1cccc(Cl)c1)c1nnn(-c2ccc(Br)cc2)c1CSc1ncccn1. The molecule has 0 atom stereocenters. The van der Waals surface area contributed by atoms with Crippen LogP contribution in [0.3, 0.4) is 0 Å². The highest BCUT2D eigenvalue weighted by Crippen LogP contribution is 2.24. The second-order valence-corrected chi connectivity index (χ2v) is 8.35. The number of benzene rings is 2. The van der Waals surface area contributed by atoms with Crippen molar-refractivity contribution < 1.29 is 4.79 Å². The van der Waals surface area contributed by atoms with Crippen molar-refractivity contribution in [3.63, 3.8) is 0 Å². The molecule has 0 bridgehead atoms. The predicted molar refractivity (Wildman–Crippen MR) is 120 cm³/mol. The zero-order chi connectivity index (χ0) is 20.9. The minimum Gasteiger partial charge on any atom is -0.320 e. The molecule has 0 saturated heterocycles. The van der Waals surface area contributed by atoms with E-state index in [1.165, 1.54) is 11.8 Å². The van der Waals surface area contributed by atoms with Crippen molar-refractivity contribution in [1.29, 1.82) is 0 Å². The van der Waals surface area contributed by atoms with Crippen LogP contribution in [-0.4, -0.2) is 30.9 Å². The molecule has 4 aromatic rings. The number of anilines is 1. The molecule has 0 unspecified atom stereocenters. The molecule has 0 aliphatic heterocycles. The van der Waals surface area contributed by atoms with E-state index in [1.807, 2.05) is 24.3 Å². The Morgan fingerprint density at radius 2 is 1.87 bits per heavy atom. The maximum atomic E-state index is 12.9. The third-order valence-corrected chi connectivity index (χ3v) is 5.66. The van der Waals surface area contributed by atoms with Gasteiger partial charge >= 0.3 is 0 Å². The Hall–Kier alpha value is -2.75. The van der Waals surface area contributed by atoms with E-state index in [4.69, 9.17) is 11.6 Å². The number of aromatic nitrogens is 5. The number of halogens is 2. The lowest BCUT2D eigenvalue weighted by Crippen LogP contribution is -2.15. The van der Waals surface area contributed by atoms with Crippen LogP contribution in [-0.2, 0) is 5.75 Å². The number of nitrogens with zero attached hydrogens (tertiary/aromatic N) is 5. The van der Waals surface area contributed by atoms with Gasteiger partial charge in [0.1, 0.15) is 0 Å². The van der Waals surface area contributed by atoms with Crippen LogP contribution in [0.1, 0.15) is 16.2 Å². The minimum absolute atomic E-state index is 0.223. The third-order valence-electron chi connectivity index (χ3n) is 4.01. The lowest BCUT2D eigenvalue weighted by molar-refractivity contribution is 0.102. The highest BCUT2D eigenvalue weighted by molar-refractivity contribution is 9.10. The van der Waals surface area contributed by atoms with E-state index >= 15 is 0 Å². The summed E-state index contributed by atoms with van der Waals surface area (Å²) in [5.41, 5.74) is 2.23. The molecule has 30 heavy (non-hydrogen) atoms. The van der Waals surface area contributed by atoms with Gasteiger partial charge in [0.25, 0.3) is 5.91 Å². The van der Waals surface area contributed by atoms with Gasteiger partial charge < -0.3 is 5.32 Å². The first-order chi connectivity index (χ1) is 14.6. The molecule has 1 amide bonds. The predicted octanol–water partition coefficient (Wildman–Crippen LogP) is 5.02. The molecular weight excluding hydrogens is 488 g/mol. The van der Waals surface area contributed by atoms with Gasteiger partial charge in [0.15, 0.2) is 10.9 Å². The molecule has 2 aromatic heterocycles. The lowest BCUT2D eigenvalue weighted by atomic mass is 10.2. The molecular formula is C20H14BrClN6OS. The zero-order valence-corrected chi connectivity index (χ0v) is 18.5. The molecule has 0 radical (unpaired) electrons. The molecule has 0 saturated carbocycles. The third kappa shape index (κ3) is 4.86. The second-order valence-electron chi connectivity index (χ2n) is 6.06. The van der Waals surface area contributed by atoms with Gasteiger partial charge in [-0.25, -0.2) is 14.6 Å². The zero-order valence-electron chi connectivity index (χ0n) is 15.4. The lowest BCUT2D eigenvalue weighted by Gasteiger charge is -2.09. The summed E-state index contributed by atoms with van der Waals surface area (Å²) >= 11 is 10.8. The smallest absolute Gasteiger partial charge is 0.278 e. The van der Waals surface area contributed by atoms with Gasteiger partial charge in [0.2, 0.25) is 0 Å². The van der Waals surface area contributed by atoms with Crippen molar-refractivity contribution in [3.8, 4) is 5.69 Å². The molecule has 4 rings (SSSR count). The van der Waals surface area contributed by atoms with E-state index in [0.29, 0.717) is 27.3 Å². The summed E-state index contributed by atoms with van der Waals surface area (Å²) in [5.74, 6) is 0.0379. The Balaban J connectivity index is 1.66. The summed E-state index contributed by atoms with van der Waals surface area (Å²) < 4.78 is 2.59. The number of thioether (sulfide) groups is 1. The van der Waals surface area contributed by atoms with Crippen molar-refractivity contribution in [2.45, 2.75) is 10.9 Å². The number of nitrogens with one attached hydrogen (secondary N) is 1. The van der Waals surface area contributed by atoms with Crippen molar-refractivity contribution in [2.75, 3.05) is 5.32 Å². The van der Waals surface area contributed by atoms with Gasteiger partial charge in [0, 0.05) is 33.3 Å². The van der Waals surface area contributed by atoms with Crippen LogP contribution in [0.2, 0.25) is 5.02 Å². The molecule has 10 heteroatoms. The fraction of sp³-hybridized carbons (Fsp3) is 0.0500. The normalized spacial score (nSPS) is 10.7. The van der Waals surface area contributed by atoms with E-state index in [-0.39, 0.29) is 11.6 Å². The second kappa shape index (κ2) is 9.38. The molecule has 7 nitrogen and oxygen atoms in total. The Labute approximate surface area is 190 Å². The largest absolute Gasteiger partial charge is 0.320 e. The summed E-state index contributed by atoms with van der Waals surface area (Å²) in [6, 6.07) is 16.3. The maximum Gasteiger partial charge on any atom is 0.278 e. The summed E-state index contributed by atoms with van der Waals surface area (Å²) in [5, 5.41) is 12.3. The molecule has 1 N–H and O–H groups in total. The van der Waals surface area contributed by atoms with Gasteiger partial charge in [-0.3, -0.25) is 4.79 Å². The quantitative estimate of drug-likeness (QED) is 0.295. The number of rotatable bonds is 6. The van der Waals surface area contributed by atoms with Gasteiger partial charge in [-0.15, -0.1) is 5.10 Å². The molecule has 0 aliphatic rings. The van der Waals surface area contributed by atoms with Crippen LogP contribution >= 0.6 is 39.3 Å². The first-order valence-corrected chi connectivity index (χ1v) is 10.9. The Kier molecular flexibility index (Phi) is 6.41. The van der Waals surface area contributed by atoms with Crippen LogP contribution in [0.15, 0.2) is 76.6 Å². The summed E-state index contributed by atoms with van der Waals surface area (Å²) in [7, 11) is 0. The highest BCUT2D eigenvalue weighted by Gasteiger charge is 2.21. The Morgan fingerprint density at radius 1 is 1.10 bits per heavy atom. The molecule has 0 spiro atoms. The van der Waals surface area contributed by atoms with E-state index < -0.39 is 0 Å². The van der Waals surface area contributed by atoms with Crippen LogP contribution < -0.4 is 5.32 Å². The van der Waals surface area contributed by atoms with Crippen LogP contribution in [0.25, 0.3) is 5.69 Å². The minimum atomic E-state index is -0.370. The van der Waals surface area contributed by atoms with Crippen LogP contribution in [0.4, 0.5) is 5.69 Å². The van der Waals surface area contributed by atoms with Gasteiger partial charge in [-0.2, -0.15) is 0 Å². The fourth-order valence-corrected chi connectivity index (χ4v) is 3.90. The molecule has 2 heterocycles. The van der Waals surface area contributed by atoms with E-state index in [0.717, 1.165) is 10.2 Å². The summed E-state index contributed by atoms with van der Waals surface area (Å²) in [6.07, 6.45) is 3.35. The van der Waals surface area contributed by atoms with Crippen molar-refractivity contribution >= 4 is 50.9 Å².